The van der Waals surface area contributed by atoms with Gasteiger partial charge in [0.1, 0.15) is 0 Å². The lowest BCUT2D eigenvalue weighted by atomic mass is 10.2. The predicted molar refractivity (Wildman–Crippen MR) is 112 cm³/mol. The maximum Gasteiger partial charge on any atom is 0.237 e. The summed E-state index contributed by atoms with van der Waals surface area (Å²) < 4.78 is 10.8. The summed E-state index contributed by atoms with van der Waals surface area (Å²) >= 11 is 0. The summed E-state index contributed by atoms with van der Waals surface area (Å²) in [5.41, 5.74) is 2.41. The van der Waals surface area contributed by atoms with Crippen molar-refractivity contribution >= 4 is 5.91 Å². The van der Waals surface area contributed by atoms with Gasteiger partial charge >= 0.3 is 0 Å². The molecule has 1 fully saturated rings. The highest BCUT2D eigenvalue weighted by Gasteiger charge is 2.22. The van der Waals surface area contributed by atoms with Crippen LogP contribution in [0.15, 0.2) is 48.5 Å². The lowest BCUT2D eigenvalue weighted by Gasteiger charge is -2.35. The van der Waals surface area contributed by atoms with Crippen LogP contribution < -0.4 is 9.47 Å². The molecule has 4 rings (SSSR count). The largest absolute Gasteiger partial charge is 0.454 e. The Labute approximate surface area is 172 Å². The maximum absolute atomic E-state index is 12.9. The van der Waals surface area contributed by atoms with E-state index in [1.807, 2.05) is 30.0 Å². The van der Waals surface area contributed by atoms with Crippen LogP contribution in [0.2, 0.25) is 0 Å². The van der Waals surface area contributed by atoms with Crippen molar-refractivity contribution < 1.29 is 14.3 Å². The topological polar surface area (TPSA) is 45.3 Å². The van der Waals surface area contributed by atoms with Crippen LogP contribution in [-0.4, -0.2) is 66.7 Å². The first-order valence-corrected chi connectivity index (χ1v) is 10.4. The van der Waals surface area contributed by atoms with Crippen molar-refractivity contribution in [3.05, 3.63) is 59.7 Å². The molecule has 1 amide bonds. The average Bonchev–Trinajstić information content (AvgIpc) is 3.22. The Morgan fingerprint density at radius 3 is 2.41 bits per heavy atom. The standard InChI is InChI=1S/C23H29N3O3/c1-2-26(16-20-8-9-21-22(14-20)29-18-28-21)23(27)17-25-12-10-24(11-13-25)15-19-6-4-3-5-7-19/h3-9,14H,2,10-13,15-18H2,1H3. The van der Waals surface area contributed by atoms with E-state index < -0.39 is 0 Å². The molecular weight excluding hydrogens is 366 g/mol. The van der Waals surface area contributed by atoms with E-state index in [4.69, 9.17) is 9.47 Å². The zero-order valence-electron chi connectivity index (χ0n) is 17.0. The predicted octanol–water partition coefficient (Wildman–Crippen LogP) is 2.58. The summed E-state index contributed by atoms with van der Waals surface area (Å²) in [5.74, 6) is 1.72. The molecule has 29 heavy (non-hydrogen) atoms. The molecule has 154 valence electrons. The summed E-state index contributed by atoms with van der Waals surface area (Å²) in [4.78, 5) is 19.5. The van der Waals surface area contributed by atoms with Crippen molar-refractivity contribution in [1.29, 1.82) is 0 Å². The minimum atomic E-state index is 0.182. The van der Waals surface area contributed by atoms with E-state index >= 15 is 0 Å². The van der Waals surface area contributed by atoms with Gasteiger partial charge < -0.3 is 14.4 Å². The minimum Gasteiger partial charge on any atom is -0.454 e. The summed E-state index contributed by atoms with van der Waals surface area (Å²) in [6, 6.07) is 16.5. The Balaban J connectivity index is 1.26. The highest BCUT2D eigenvalue weighted by atomic mass is 16.7. The van der Waals surface area contributed by atoms with E-state index in [2.05, 4.69) is 40.1 Å². The molecule has 0 aliphatic carbocycles. The van der Waals surface area contributed by atoms with Crippen LogP contribution in [0, 0.1) is 0 Å². The van der Waals surface area contributed by atoms with Crippen LogP contribution in [0.3, 0.4) is 0 Å². The van der Waals surface area contributed by atoms with Gasteiger partial charge in [0.05, 0.1) is 6.54 Å². The molecule has 1 saturated heterocycles. The molecule has 0 atom stereocenters. The fraction of sp³-hybridized carbons (Fsp3) is 0.435. The van der Waals surface area contributed by atoms with Gasteiger partial charge in [-0.15, -0.1) is 0 Å². The van der Waals surface area contributed by atoms with Crippen molar-refractivity contribution in [3.63, 3.8) is 0 Å². The smallest absolute Gasteiger partial charge is 0.237 e. The van der Waals surface area contributed by atoms with Gasteiger partial charge in [-0.1, -0.05) is 36.4 Å². The lowest BCUT2D eigenvalue weighted by molar-refractivity contribution is -0.133. The molecule has 6 heteroatoms. The van der Waals surface area contributed by atoms with Gasteiger partial charge in [0.15, 0.2) is 11.5 Å². The molecule has 0 aromatic heterocycles. The van der Waals surface area contributed by atoms with Crippen molar-refractivity contribution in [2.75, 3.05) is 46.1 Å². The molecule has 2 aromatic rings. The summed E-state index contributed by atoms with van der Waals surface area (Å²) in [6.07, 6.45) is 0. The fourth-order valence-electron chi connectivity index (χ4n) is 3.87. The number of carbonyl (C=O) groups excluding carboxylic acids is 1. The number of benzene rings is 2. The zero-order chi connectivity index (χ0) is 20.1. The highest BCUT2D eigenvalue weighted by Crippen LogP contribution is 2.32. The van der Waals surface area contributed by atoms with E-state index in [1.165, 1.54) is 5.56 Å². The normalized spacial score (nSPS) is 16.7. The minimum absolute atomic E-state index is 0.182. The molecule has 0 unspecified atom stereocenters. The number of hydrogen-bond donors (Lipinski definition) is 0. The van der Waals surface area contributed by atoms with Crippen LogP contribution in [0.5, 0.6) is 11.5 Å². The molecule has 0 N–H and O–H groups in total. The van der Waals surface area contributed by atoms with E-state index in [9.17, 15) is 4.79 Å². The Hall–Kier alpha value is -2.57. The van der Waals surface area contributed by atoms with Gasteiger partial charge in [0.25, 0.3) is 0 Å². The van der Waals surface area contributed by atoms with E-state index in [-0.39, 0.29) is 12.7 Å². The third-order valence-corrected chi connectivity index (χ3v) is 5.62. The van der Waals surface area contributed by atoms with Crippen molar-refractivity contribution in [1.82, 2.24) is 14.7 Å². The number of carbonyl (C=O) groups is 1. The Bertz CT molecular complexity index is 819. The summed E-state index contributed by atoms with van der Waals surface area (Å²) in [6.45, 7) is 8.91. The van der Waals surface area contributed by atoms with Gasteiger partial charge in [-0.25, -0.2) is 0 Å². The SMILES string of the molecule is CCN(Cc1ccc2c(c1)OCO2)C(=O)CN1CCN(Cc2ccccc2)CC1. The van der Waals surface area contributed by atoms with Crippen molar-refractivity contribution in [2.24, 2.45) is 0 Å². The molecule has 2 aromatic carbocycles. The molecule has 6 nitrogen and oxygen atoms in total. The number of nitrogens with zero attached hydrogens (tertiary/aromatic N) is 3. The van der Waals surface area contributed by atoms with E-state index in [0.29, 0.717) is 19.6 Å². The third kappa shape index (κ3) is 5.08. The molecule has 0 bridgehead atoms. The lowest BCUT2D eigenvalue weighted by Crippen LogP contribution is -2.49. The highest BCUT2D eigenvalue weighted by molar-refractivity contribution is 5.78. The maximum atomic E-state index is 12.9. The van der Waals surface area contributed by atoms with Crippen molar-refractivity contribution in [2.45, 2.75) is 20.0 Å². The molecular formula is C23H29N3O3. The first kappa shape index (κ1) is 19.7. The number of hydrogen-bond acceptors (Lipinski definition) is 5. The van der Waals surface area contributed by atoms with Crippen LogP contribution >= 0.6 is 0 Å². The Morgan fingerprint density at radius 1 is 0.931 bits per heavy atom. The van der Waals surface area contributed by atoms with E-state index in [0.717, 1.165) is 49.8 Å². The fourth-order valence-corrected chi connectivity index (χ4v) is 3.87. The number of likely N-dealkylation sites (N-methyl/N-ethyl adjacent to an activating group) is 1. The summed E-state index contributed by atoms with van der Waals surface area (Å²) in [7, 11) is 0. The molecule has 0 saturated carbocycles. The molecule has 0 radical (unpaired) electrons. The first-order chi connectivity index (χ1) is 14.2. The van der Waals surface area contributed by atoms with Gasteiger partial charge in [-0.05, 0) is 30.2 Å². The summed E-state index contributed by atoms with van der Waals surface area (Å²) in [5, 5.41) is 0. The molecule has 2 heterocycles. The molecule has 2 aliphatic heterocycles. The van der Waals surface area contributed by atoms with Crippen LogP contribution in [0.4, 0.5) is 0 Å². The molecule has 2 aliphatic rings. The third-order valence-electron chi connectivity index (χ3n) is 5.62. The Morgan fingerprint density at radius 2 is 1.66 bits per heavy atom. The van der Waals surface area contributed by atoms with Crippen molar-refractivity contribution in [3.8, 4) is 11.5 Å². The van der Waals surface area contributed by atoms with Gasteiger partial charge in [0, 0.05) is 45.8 Å². The number of fused-ring (bicyclic) bond motifs is 1. The first-order valence-electron chi connectivity index (χ1n) is 10.4. The van der Waals surface area contributed by atoms with Crippen LogP contribution in [0.1, 0.15) is 18.1 Å². The quantitative estimate of drug-likeness (QED) is 0.721. The second-order valence-corrected chi connectivity index (χ2v) is 7.63. The second kappa shape index (κ2) is 9.29. The number of amides is 1. The van der Waals surface area contributed by atoms with Crippen LogP contribution in [0.25, 0.3) is 0 Å². The zero-order valence-corrected chi connectivity index (χ0v) is 17.0. The monoisotopic (exact) mass is 395 g/mol. The number of rotatable bonds is 7. The van der Waals surface area contributed by atoms with Gasteiger partial charge in [-0.3, -0.25) is 14.6 Å². The van der Waals surface area contributed by atoms with Crippen LogP contribution in [-0.2, 0) is 17.9 Å². The number of piperazine rings is 1. The Kier molecular flexibility index (Phi) is 6.32. The number of ether oxygens (including phenoxy) is 2. The van der Waals surface area contributed by atoms with Gasteiger partial charge in [0.2, 0.25) is 12.7 Å². The molecule has 0 spiro atoms. The average molecular weight is 396 g/mol. The van der Waals surface area contributed by atoms with E-state index in [1.54, 1.807) is 0 Å². The second-order valence-electron chi connectivity index (χ2n) is 7.63. The van der Waals surface area contributed by atoms with Gasteiger partial charge in [-0.2, -0.15) is 0 Å².